The van der Waals surface area contributed by atoms with E-state index in [0.29, 0.717) is 5.92 Å². The van der Waals surface area contributed by atoms with E-state index in [4.69, 9.17) is 0 Å². The molecule has 6 heteroatoms. The van der Waals surface area contributed by atoms with Crippen molar-refractivity contribution in [2.75, 3.05) is 13.1 Å². The SMILES string of the molecule is CC1=C(c2cc(C(=O)NC3CCN(Cc4ccncc4)CC3)ccc2C)CC(C)CC1.CCc1ccc(C(C)(F)F)cc1.[HH]. The Kier molecular flexibility index (Phi) is 11.3. The number of nitrogens with one attached hydrogen (secondary N) is 1. The fourth-order valence-electron chi connectivity index (χ4n) is 5.95. The Balaban J connectivity index is 0.000000344. The second kappa shape index (κ2) is 14.9. The van der Waals surface area contributed by atoms with Crippen LogP contribution in [0.2, 0.25) is 0 Å². The van der Waals surface area contributed by atoms with Crippen LogP contribution < -0.4 is 5.32 Å². The number of halogens is 2. The number of rotatable bonds is 7. The maximum absolute atomic E-state index is 13.0. The van der Waals surface area contributed by atoms with Crippen molar-refractivity contribution in [2.24, 2.45) is 5.92 Å². The van der Waals surface area contributed by atoms with Gasteiger partial charge in [-0.2, -0.15) is 0 Å². The molecule has 0 bridgehead atoms. The van der Waals surface area contributed by atoms with Crippen LogP contribution in [0.25, 0.3) is 5.57 Å². The Morgan fingerprint density at radius 2 is 1.67 bits per heavy atom. The number of carbonyl (C=O) groups is 1. The first-order valence-corrected chi connectivity index (χ1v) is 15.7. The molecule has 2 heterocycles. The summed E-state index contributed by atoms with van der Waals surface area (Å²) in [4.78, 5) is 19.6. The van der Waals surface area contributed by atoms with Gasteiger partial charge in [0.1, 0.15) is 0 Å². The summed E-state index contributed by atoms with van der Waals surface area (Å²) in [5.74, 6) is -1.93. The number of aryl methyl sites for hydroxylation is 2. The van der Waals surface area contributed by atoms with E-state index in [1.807, 2.05) is 25.4 Å². The van der Waals surface area contributed by atoms with E-state index in [0.717, 1.165) is 63.4 Å². The molecule has 0 spiro atoms. The van der Waals surface area contributed by atoms with E-state index in [9.17, 15) is 13.6 Å². The number of hydrogen-bond donors (Lipinski definition) is 1. The molecule has 1 aliphatic heterocycles. The minimum absolute atomic E-state index is 0. The molecule has 1 unspecified atom stereocenters. The Hall–Kier alpha value is -3.38. The zero-order valence-electron chi connectivity index (χ0n) is 26.4. The van der Waals surface area contributed by atoms with E-state index in [-0.39, 0.29) is 18.9 Å². The van der Waals surface area contributed by atoms with Crippen LogP contribution in [0.1, 0.15) is 99.4 Å². The monoisotopic (exact) mass is 589 g/mol. The molecule has 1 amide bonds. The topological polar surface area (TPSA) is 45.2 Å². The van der Waals surface area contributed by atoms with E-state index in [1.165, 1.54) is 52.8 Å². The first-order chi connectivity index (χ1) is 20.5. The molecule has 1 aliphatic carbocycles. The molecule has 43 heavy (non-hydrogen) atoms. The molecule has 2 aliphatic rings. The number of piperidine rings is 1. The average Bonchev–Trinajstić information content (AvgIpc) is 3.00. The quantitative estimate of drug-likeness (QED) is 0.299. The van der Waals surface area contributed by atoms with E-state index in [2.05, 4.69) is 60.2 Å². The van der Waals surface area contributed by atoms with Crippen LogP contribution in [0.5, 0.6) is 0 Å². The highest BCUT2D eigenvalue weighted by molar-refractivity contribution is 5.95. The zero-order chi connectivity index (χ0) is 31.0. The van der Waals surface area contributed by atoms with Crippen molar-refractivity contribution in [1.82, 2.24) is 15.2 Å². The normalized spacial score (nSPS) is 18.2. The summed E-state index contributed by atoms with van der Waals surface area (Å²) in [5, 5.41) is 3.30. The van der Waals surface area contributed by atoms with Gasteiger partial charge in [-0.05, 0) is 110 Å². The van der Waals surface area contributed by atoms with Gasteiger partial charge in [0.2, 0.25) is 0 Å². The number of alkyl halides is 2. The van der Waals surface area contributed by atoms with Gasteiger partial charge in [0, 0.05) is 57.5 Å². The van der Waals surface area contributed by atoms with E-state index >= 15 is 0 Å². The molecule has 1 N–H and O–H groups in total. The lowest BCUT2D eigenvalue weighted by Crippen LogP contribution is -2.44. The number of amides is 1. The highest BCUT2D eigenvalue weighted by atomic mass is 19.3. The van der Waals surface area contributed by atoms with Crippen LogP contribution in [0.15, 0.2) is 72.6 Å². The first-order valence-electron chi connectivity index (χ1n) is 15.7. The Morgan fingerprint density at radius 3 is 2.30 bits per heavy atom. The van der Waals surface area contributed by atoms with Gasteiger partial charge in [-0.1, -0.05) is 49.8 Å². The molecule has 5 rings (SSSR count). The molecule has 1 atom stereocenters. The Morgan fingerprint density at radius 1 is 1.00 bits per heavy atom. The number of aromatic nitrogens is 1. The maximum atomic E-state index is 13.0. The molecule has 0 saturated carbocycles. The fraction of sp³-hybridized carbons (Fsp3) is 0.459. The van der Waals surface area contributed by atoms with Gasteiger partial charge in [-0.15, -0.1) is 0 Å². The minimum Gasteiger partial charge on any atom is -0.349 e. The third-order valence-corrected chi connectivity index (χ3v) is 8.85. The van der Waals surface area contributed by atoms with Crippen LogP contribution in [-0.2, 0) is 18.9 Å². The van der Waals surface area contributed by atoms with Crippen molar-refractivity contribution >= 4 is 11.5 Å². The predicted molar refractivity (Wildman–Crippen MR) is 174 cm³/mol. The lowest BCUT2D eigenvalue weighted by atomic mass is 9.81. The summed E-state index contributed by atoms with van der Waals surface area (Å²) in [7, 11) is 0. The molecule has 1 saturated heterocycles. The molecule has 232 valence electrons. The van der Waals surface area contributed by atoms with Crippen molar-refractivity contribution in [2.45, 2.75) is 91.7 Å². The van der Waals surface area contributed by atoms with Gasteiger partial charge >= 0.3 is 0 Å². The third kappa shape index (κ3) is 9.30. The van der Waals surface area contributed by atoms with Gasteiger partial charge < -0.3 is 5.32 Å². The smallest absolute Gasteiger partial charge is 0.270 e. The standard InChI is InChI=1S/C27H35N3O.C10H12F2.H2/c1-19-4-5-20(2)25(16-19)26-17-23(7-6-21(26)3)27(31)29-24-10-14-30(15-11-24)18-22-8-12-28-13-9-22;1-3-8-4-6-9(7-5-8)10(2,11)12;/h6-9,12-13,17,19,24H,4-5,10-11,14-16,18H2,1-3H3,(H,29,31);4-7H,3H2,1-2H3;1H. The zero-order valence-corrected chi connectivity index (χ0v) is 26.4. The molecular weight excluding hydrogens is 540 g/mol. The van der Waals surface area contributed by atoms with Gasteiger partial charge in [-0.25, -0.2) is 8.78 Å². The van der Waals surface area contributed by atoms with Crippen LogP contribution in [0.4, 0.5) is 8.78 Å². The number of benzene rings is 2. The summed E-state index contributed by atoms with van der Waals surface area (Å²) in [5.41, 5.74) is 8.73. The Labute approximate surface area is 258 Å². The third-order valence-electron chi connectivity index (χ3n) is 8.85. The second-order valence-corrected chi connectivity index (χ2v) is 12.5. The van der Waals surface area contributed by atoms with Crippen molar-refractivity contribution in [3.05, 3.63) is 106 Å². The van der Waals surface area contributed by atoms with Crippen LogP contribution >= 0.6 is 0 Å². The predicted octanol–water partition coefficient (Wildman–Crippen LogP) is 8.98. The number of hydrogen-bond acceptors (Lipinski definition) is 3. The summed E-state index contributed by atoms with van der Waals surface area (Å²) in [6.45, 7) is 12.6. The molecule has 3 aromatic rings. The summed E-state index contributed by atoms with van der Waals surface area (Å²) in [6, 6.07) is 17.1. The summed E-state index contributed by atoms with van der Waals surface area (Å²) < 4.78 is 25.4. The molecule has 0 radical (unpaired) electrons. The number of allylic oxidation sites excluding steroid dienone is 2. The maximum Gasteiger partial charge on any atom is 0.270 e. The fourth-order valence-corrected chi connectivity index (χ4v) is 5.95. The van der Waals surface area contributed by atoms with Crippen molar-refractivity contribution in [3.8, 4) is 0 Å². The number of likely N-dealkylation sites (tertiary alicyclic amines) is 1. The lowest BCUT2D eigenvalue weighted by Gasteiger charge is -2.32. The van der Waals surface area contributed by atoms with Crippen LogP contribution in [-0.4, -0.2) is 34.9 Å². The minimum atomic E-state index is -2.72. The van der Waals surface area contributed by atoms with Gasteiger partial charge in [-0.3, -0.25) is 14.7 Å². The Bertz CT molecular complexity index is 1380. The number of carbonyl (C=O) groups excluding carboxylic acids is 1. The first kappa shape index (κ1) is 32.5. The number of pyridine rings is 1. The van der Waals surface area contributed by atoms with E-state index < -0.39 is 5.92 Å². The van der Waals surface area contributed by atoms with Crippen molar-refractivity contribution < 1.29 is 15.0 Å². The number of nitrogens with zero attached hydrogens (tertiary/aromatic N) is 2. The lowest BCUT2D eigenvalue weighted by molar-refractivity contribution is 0.0174. The molecule has 1 fully saturated rings. The molecular formula is C37H49F2N3O. The highest BCUT2D eigenvalue weighted by Crippen LogP contribution is 2.37. The molecule has 4 nitrogen and oxygen atoms in total. The average molecular weight is 590 g/mol. The van der Waals surface area contributed by atoms with Gasteiger partial charge in [0.15, 0.2) is 0 Å². The highest BCUT2D eigenvalue weighted by Gasteiger charge is 2.24. The van der Waals surface area contributed by atoms with Crippen molar-refractivity contribution in [1.29, 1.82) is 0 Å². The summed E-state index contributed by atoms with van der Waals surface area (Å²) in [6.07, 6.45) is 10.1. The second-order valence-electron chi connectivity index (χ2n) is 12.5. The summed E-state index contributed by atoms with van der Waals surface area (Å²) >= 11 is 0. The molecule has 2 aromatic carbocycles. The van der Waals surface area contributed by atoms with Crippen LogP contribution in [0, 0.1) is 12.8 Å². The van der Waals surface area contributed by atoms with E-state index in [1.54, 1.807) is 12.1 Å². The largest absolute Gasteiger partial charge is 0.349 e. The van der Waals surface area contributed by atoms with Crippen LogP contribution in [0.3, 0.4) is 0 Å². The van der Waals surface area contributed by atoms with Gasteiger partial charge in [0.05, 0.1) is 0 Å². The van der Waals surface area contributed by atoms with Gasteiger partial charge in [0.25, 0.3) is 11.8 Å². The van der Waals surface area contributed by atoms with Crippen molar-refractivity contribution in [3.63, 3.8) is 0 Å². The molecule has 1 aromatic heterocycles.